The summed E-state index contributed by atoms with van der Waals surface area (Å²) in [5, 5.41) is 17.3. The van der Waals surface area contributed by atoms with Crippen molar-refractivity contribution in [1.29, 1.82) is 0 Å². The van der Waals surface area contributed by atoms with Gasteiger partial charge in [0.15, 0.2) is 17.2 Å². The third kappa shape index (κ3) is 2.85. The SMILES string of the molecule is OCc1ccc(C=Cc2cc3c(nn2)Oc2ccccc2O3)cc1. The van der Waals surface area contributed by atoms with Crippen LogP contribution in [-0.4, -0.2) is 15.3 Å². The topological polar surface area (TPSA) is 64.5 Å². The van der Waals surface area contributed by atoms with E-state index in [2.05, 4.69) is 10.2 Å². The predicted molar refractivity (Wildman–Crippen MR) is 89.9 cm³/mol. The quantitative estimate of drug-likeness (QED) is 0.617. The summed E-state index contributed by atoms with van der Waals surface area (Å²) in [6.45, 7) is 0.0408. The number of rotatable bonds is 3. The lowest BCUT2D eigenvalue weighted by atomic mass is 10.1. The van der Waals surface area contributed by atoms with E-state index in [1.54, 1.807) is 6.07 Å². The van der Waals surface area contributed by atoms with Gasteiger partial charge in [-0.05, 0) is 29.3 Å². The Kier molecular flexibility index (Phi) is 3.69. The number of ether oxygens (including phenoxy) is 2. The van der Waals surface area contributed by atoms with E-state index in [4.69, 9.17) is 14.6 Å². The van der Waals surface area contributed by atoms with Crippen LogP contribution >= 0.6 is 0 Å². The Morgan fingerprint density at radius 1 is 0.833 bits per heavy atom. The van der Waals surface area contributed by atoms with Gasteiger partial charge < -0.3 is 14.6 Å². The van der Waals surface area contributed by atoms with Gasteiger partial charge in [0.2, 0.25) is 0 Å². The molecule has 0 bridgehead atoms. The fraction of sp³-hybridized carbons (Fsp3) is 0.0526. The second kappa shape index (κ2) is 6.14. The van der Waals surface area contributed by atoms with Crippen molar-refractivity contribution in [3.05, 3.63) is 71.4 Å². The van der Waals surface area contributed by atoms with Crippen LogP contribution in [0.3, 0.4) is 0 Å². The van der Waals surface area contributed by atoms with E-state index in [1.165, 1.54) is 0 Å². The van der Waals surface area contributed by atoms with Gasteiger partial charge in [-0.3, -0.25) is 0 Å². The van der Waals surface area contributed by atoms with Gasteiger partial charge in [0, 0.05) is 6.07 Å². The van der Waals surface area contributed by atoms with Crippen LogP contribution in [-0.2, 0) is 6.61 Å². The van der Waals surface area contributed by atoms with Gasteiger partial charge in [-0.2, -0.15) is 0 Å². The van der Waals surface area contributed by atoms with Gasteiger partial charge >= 0.3 is 0 Å². The molecule has 1 N–H and O–H groups in total. The fourth-order valence-electron chi connectivity index (χ4n) is 2.36. The van der Waals surface area contributed by atoms with Crippen molar-refractivity contribution in [2.24, 2.45) is 0 Å². The van der Waals surface area contributed by atoms with Gasteiger partial charge in [-0.25, -0.2) is 0 Å². The molecule has 0 unspecified atom stereocenters. The summed E-state index contributed by atoms with van der Waals surface area (Å²) < 4.78 is 11.5. The first-order valence-electron chi connectivity index (χ1n) is 7.52. The number of fused-ring (bicyclic) bond motifs is 2. The van der Waals surface area contributed by atoms with Gasteiger partial charge in [0.05, 0.1) is 12.3 Å². The van der Waals surface area contributed by atoms with E-state index in [9.17, 15) is 0 Å². The fourth-order valence-corrected chi connectivity index (χ4v) is 2.36. The molecule has 1 aliphatic rings. The lowest BCUT2D eigenvalue weighted by Crippen LogP contribution is -2.02. The zero-order valence-electron chi connectivity index (χ0n) is 12.7. The smallest absolute Gasteiger partial charge is 0.282 e. The molecule has 0 atom stereocenters. The van der Waals surface area contributed by atoms with Crippen molar-refractivity contribution in [1.82, 2.24) is 10.2 Å². The number of aliphatic hydroxyl groups excluding tert-OH is 1. The van der Waals surface area contributed by atoms with Crippen LogP contribution in [0, 0.1) is 0 Å². The van der Waals surface area contributed by atoms with Crippen LogP contribution in [0.1, 0.15) is 16.8 Å². The van der Waals surface area contributed by atoms with E-state index < -0.39 is 0 Å². The largest absolute Gasteiger partial charge is 0.448 e. The summed E-state index contributed by atoms with van der Waals surface area (Å²) >= 11 is 0. The molecule has 0 saturated heterocycles. The van der Waals surface area contributed by atoms with Crippen molar-refractivity contribution in [3.63, 3.8) is 0 Å². The molecule has 0 saturated carbocycles. The first-order valence-corrected chi connectivity index (χ1v) is 7.52. The summed E-state index contributed by atoms with van der Waals surface area (Å²) in [5.74, 6) is 2.19. The monoisotopic (exact) mass is 318 g/mol. The highest BCUT2D eigenvalue weighted by molar-refractivity contribution is 5.69. The van der Waals surface area contributed by atoms with E-state index in [0.29, 0.717) is 28.8 Å². The molecule has 0 fully saturated rings. The number of aromatic nitrogens is 2. The minimum atomic E-state index is 0.0408. The molecule has 5 nitrogen and oxygen atoms in total. The zero-order chi connectivity index (χ0) is 16.4. The third-order valence-corrected chi connectivity index (χ3v) is 3.63. The predicted octanol–water partition coefficient (Wildman–Crippen LogP) is 4.04. The molecule has 3 aromatic rings. The number of hydrogen-bond donors (Lipinski definition) is 1. The van der Waals surface area contributed by atoms with Crippen LogP contribution in [0.2, 0.25) is 0 Å². The van der Waals surface area contributed by atoms with Crippen LogP contribution < -0.4 is 9.47 Å². The van der Waals surface area contributed by atoms with Gasteiger partial charge in [-0.1, -0.05) is 42.5 Å². The molecule has 0 radical (unpaired) electrons. The first-order chi connectivity index (χ1) is 11.8. The standard InChI is InChI=1S/C19H14N2O3/c22-12-14-7-5-13(6-8-14)9-10-15-11-18-19(21-20-15)24-17-4-2-1-3-16(17)23-18/h1-11,22H,12H2. The number of aliphatic hydroxyl groups is 1. The normalized spacial score (nSPS) is 12.2. The lowest BCUT2D eigenvalue weighted by Gasteiger charge is -2.18. The average molecular weight is 318 g/mol. The van der Waals surface area contributed by atoms with Gasteiger partial charge in [-0.15, -0.1) is 10.2 Å². The maximum absolute atomic E-state index is 9.06. The van der Waals surface area contributed by atoms with Crippen molar-refractivity contribution in [2.45, 2.75) is 6.61 Å². The molecule has 1 aliphatic heterocycles. The first kappa shape index (κ1) is 14.4. The minimum absolute atomic E-state index is 0.0408. The molecule has 5 heteroatoms. The van der Waals surface area contributed by atoms with Crippen LogP contribution in [0.15, 0.2) is 54.6 Å². The number of hydrogen-bond acceptors (Lipinski definition) is 5. The molecule has 4 rings (SSSR count). The Balaban J connectivity index is 1.56. The minimum Gasteiger partial charge on any atom is -0.448 e. The number of nitrogens with zero attached hydrogens (tertiary/aromatic N) is 2. The summed E-state index contributed by atoms with van der Waals surface area (Å²) in [7, 11) is 0. The summed E-state index contributed by atoms with van der Waals surface area (Å²) in [6, 6.07) is 16.8. The molecule has 0 aliphatic carbocycles. The highest BCUT2D eigenvalue weighted by Crippen LogP contribution is 2.43. The summed E-state index contributed by atoms with van der Waals surface area (Å²) in [5.41, 5.74) is 2.56. The average Bonchev–Trinajstić information content (AvgIpc) is 2.65. The Bertz CT molecular complexity index is 905. The van der Waals surface area contributed by atoms with Crippen molar-refractivity contribution in [2.75, 3.05) is 0 Å². The Hall–Kier alpha value is -3.18. The molecular formula is C19H14N2O3. The molecule has 118 valence electrons. The van der Waals surface area contributed by atoms with E-state index in [-0.39, 0.29) is 6.61 Å². The highest BCUT2D eigenvalue weighted by atomic mass is 16.6. The summed E-state index contributed by atoms with van der Waals surface area (Å²) in [6.07, 6.45) is 3.78. The Morgan fingerprint density at radius 3 is 2.33 bits per heavy atom. The zero-order valence-corrected chi connectivity index (χ0v) is 12.7. The van der Waals surface area contributed by atoms with Crippen molar-refractivity contribution < 1.29 is 14.6 Å². The van der Waals surface area contributed by atoms with Crippen molar-refractivity contribution >= 4 is 12.2 Å². The van der Waals surface area contributed by atoms with Crippen molar-refractivity contribution in [3.8, 4) is 23.1 Å². The second-order valence-electron chi connectivity index (χ2n) is 5.32. The number of benzene rings is 2. The molecule has 1 aromatic heterocycles. The van der Waals surface area contributed by atoms with E-state index in [0.717, 1.165) is 11.1 Å². The molecule has 2 aromatic carbocycles. The molecule has 0 amide bonds. The highest BCUT2D eigenvalue weighted by Gasteiger charge is 2.20. The summed E-state index contributed by atoms with van der Waals surface area (Å²) in [4.78, 5) is 0. The molecular weight excluding hydrogens is 304 g/mol. The molecule has 24 heavy (non-hydrogen) atoms. The Morgan fingerprint density at radius 2 is 1.58 bits per heavy atom. The Labute approximate surface area is 138 Å². The van der Waals surface area contributed by atoms with E-state index in [1.807, 2.05) is 60.7 Å². The molecule has 0 spiro atoms. The number of para-hydroxylation sites is 2. The van der Waals surface area contributed by atoms with E-state index >= 15 is 0 Å². The van der Waals surface area contributed by atoms with Gasteiger partial charge in [0.1, 0.15) is 0 Å². The molecule has 2 heterocycles. The maximum Gasteiger partial charge on any atom is 0.282 e. The van der Waals surface area contributed by atoms with Crippen LogP contribution in [0.25, 0.3) is 12.2 Å². The lowest BCUT2D eigenvalue weighted by molar-refractivity contribution is 0.282. The maximum atomic E-state index is 9.06. The van der Waals surface area contributed by atoms with Crippen LogP contribution in [0.4, 0.5) is 0 Å². The second-order valence-corrected chi connectivity index (χ2v) is 5.32. The third-order valence-electron chi connectivity index (χ3n) is 3.63. The van der Waals surface area contributed by atoms with Gasteiger partial charge in [0.25, 0.3) is 5.88 Å². The van der Waals surface area contributed by atoms with Crippen LogP contribution in [0.5, 0.6) is 23.1 Å².